The van der Waals surface area contributed by atoms with Gasteiger partial charge in [0.1, 0.15) is 0 Å². The first kappa shape index (κ1) is 12.0. The van der Waals surface area contributed by atoms with E-state index in [4.69, 9.17) is 0 Å². The SMILES string of the molecule is C[C@@H]1CC[C@@H]2[C@H]([C@@H]3[C@@H](C)CC(O)[C@]31O)C2(C)C. The third-order valence-electron chi connectivity index (χ3n) is 6.50. The van der Waals surface area contributed by atoms with Crippen molar-refractivity contribution in [3.63, 3.8) is 0 Å². The summed E-state index contributed by atoms with van der Waals surface area (Å²) in [6, 6.07) is 0. The molecule has 0 aromatic heterocycles. The summed E-state index contributed by atoms with van der Waals surface area (Å²) in [6.07, 6.45) is 2.58. The van der Waals surface area contributed by atoms with Gasteiger partial charge in [0.15, 0.2) is 0 Å². The van der Waals surface area contributed by atoms with Crippen LogP contribution in [0.2, 0.25) is 0 Å². The molecule has 0 heterocycles. The highest BCUT2D eigenvalue weighted by atomic mass is 16.3. The van der Waals surface area contributed by atoms with Crippen LogP contribution in [-0.4, -0.2) is 21.9 Å². The quantitative estimate of drug-likeness (QED) is 0.680. The molecule has 0 saturated heterocycles. The van der Waals surface area contributed by atoms with Crippen LogP contribution in [0.3, 0.4) is 0 Å². The van der Waals surface area contributed by atoms with Crippen LogP contribution in [0.15, 0.2) is 0 Å². The van der Waals surface area contributed by atoms with Gasteiger partial charge in [-0.2, -0.15) is 0 Å². The van der Waals surface area contributed by atoms with Crippen molar-refractivity contribution in [2.45, 2.75) is 58.7 Å². The van der Waals surface area contributed by atoms with Crippen LogP contribution in [-0.2, 0) is 0 Å². The lowest BCUT2D eigenvalue weighted by atomic mass is 9.72. The van der Waals surface area contributed by atoms with E-state index in [9.17, 15) is 10.2 Å². The molecule has 0 bridgehead atoms. The Morgan fingerprint density at radius 3 is 2.35 bits per heavy atom. The Morgan fingerprint density at radius 2 is 1.71 bits per heavy atom. The largest absolute Gasteiger partial charge is 0.390 e. The number of rotatable bonds is 0. The Morgan fingerprint density at radius 1 is 1.06 bits per heavy atom. The van der Waals surface area contributed by atoms with Crippen molar-refractivity contribution < 1.29 is 10.2 Å². The summed E-state index contributed by atoms with van der Waals surface area (Å²) in [5, 5.41) is 21.4. The summed E-state index contributed by atoms with van der Waals surface area (Å²) >= 11 is 0. The molecule has 3 aliphatic rings. The Labute approximate surface area is 104 Å². The van der Waals surface area contributed by atoms with Crippen LogP contribution in [0.25, 0.3) is 0 Å². The second-order valence-corrected chi connectivity index (χ2v) is 7.57. The fourth-order valence-corrected chi connectivity index (χ4v) is 5.38. The zero-order valence-electron chi connectivity index (χ0n) is 11.5. The van der Waals surface area contributed by atoms with E-state index in [2.05, 4.69) is 27.7 Å². The van der Waals surface area contributed by atoms with Crippen LogP contribution in [0.4, 0.5) is 0 Å². The minimum absolute atomic E-state index is 0.246. The molecule has 2 N–H and O–H groups in total. The summed E-state index contributed by atoms with van der Waals surface area (Å²) in [5.74, 6) is 2.43. The Balaban J connectivity index is 2.01. The standard InChI is InChI=1S/C15H26O2/c1-8-7-11(16)15(17)9(2)5-6-10-13(12(8)15)14(10,3)4/h8-13,16-17H,5-7H2,1-4H3/t8-,9+,10+,11?,12-,13+,15-/m0/s1. The molecule has 2 nitrogen and oxygen atoms in total. The van der Waals surface area contributed by atoms with Crippen LogP contribution in [0.1, 0.15) is 47.0 Å². The number of aliphatic hydroxyl groups is 2. The maximum Gasteiger partial charge on any atom is 0.0964 e. The summed E-state index contributed by atoms with van der Waals surface area (Å²) in [6.45, 7) is 9.04. The zero-order chi connectivity index (χ0) is 12.6. The van der Waals surface area contributed by atoms with Crippen molar-refractivity contribution in [1.29, 1.82) is 0 Å². The molecule has 3 fully saturated rings. The molecule has 7 atom stereocenters. The van der Waals surface area contributed by atoms with Gasteiger partial charge in [-0.1, -0.05) is 27.7 Å². The van der Waals surface area contributed by atoms with E-state index in [0.29, 0.717) is 23.2 Å². The van der Waals surface area contributed by atoms with Gasteiger partial charge in [0.2, 0.25) is 0 Å². The first-order valence-corrected chi connectivity index (χ1v) is 7.21. The topological polar surface area (TPSA) is 40.5 Å². The van der Waals surface area contributed by atoms with Gasteiger partial charge in [0.05, 0.1) is 11.7 Å². The molecule has 0 aliphatic heterocycles. The highest BCUT2D eigenvalue weighted by Crippen LogP contribution is 2.71. The maximum atomic E-state index is 11.1. The molecule has 0 aromatic carbocycles. The van der Waals surface area contributed by atoms with Crippen molar-refractivity contribution in [2.24, 2.45) is 35.0 Å². The van der Waals surface area contributed by atoms with Crippen LogP contribution < -0.4 is 0 Å². The van der Waals surface area contributed by atoms with Crippen molar-refractivity contribution in [1.82, 2.24) is 0 Å². The normalized spacial score (nSPS) is 60.4. The van der Waals surface area contributed by atoms with Crippen LogP contribution in [0.5, 0.6) is 0 Å². The summed E-state index contributed by atoms with van der Waals surface area (Å²) in [7, 11) is 0. The molecule has 2 heteroatoms. The lowest BCUT2D eigenvalue weighted by Crippen LogP contribution is -2.50. The molecule has 3 aliphatic carbocycles. The van der Waals surface area contributed by atoms with Gasteiger partial charge in [-0.15, -0.1) is 0 Å². The molecule has 3 rings (SSSR count). The van der Waals surface area contributed by atoms with Gasteiger partial charge in [0.25, 0.3) is 0 Å². The highest BCUT2D eigenvalue weighted by molar-refractivity contribution is 5.19. The van der Waals surface area contributed by atoms with Gasteiger partial charge >= 0.3 is 0 Å². The molecular weight excluding hydrogens is 212 g/mol. The lowest BCUT2D eigenvalue weighted by molar-refractivity contribution is -0.125. The van der Waals surface area contributed by atoms with Crippen molar-refractivity contribution in [2.75, 3.05) is 0 Å². The second kappa shape index (κ2) is 3.27. The Kier molecular flexibility index (Phi) is 2.30. The van der Waals surface area contributed by atoms with E-state index in [1.165, 1.54) is 6.42 Å². The summed E-state index contributed by atoms with van der Waals surface area (Å²) in [5.41, 5.74) is -0.427. The first-order valence-electron chi connectivity index (χ1n) is 7.21. The molecule has 3 saturated carbocycles. The predicted molar refractivity (Wildman–Crippen MR) is 67.4 cm³/mol. The minimum Gasteiger partial charge on any atom is -0.390 e. The zero-order valence-corrected chi connectivity index (χ0v) is 11.5. The third-order valence-corrected chi connectivity index (χ3v) is 6.50. The summed E-state index contributed by atoms with van der Waals surface area (Å²) < 4.78 is 0. The third kappa shape index (κ3) is 1.29. The molecule has 17 heavy (non-hydrogen) atoms. The Bertz CT molecular complexity index is 338. The molecule has 0 radical (unpaired) electrons. The molecule has 1 unspecified atom stereocenters. The smallest absolute Gasteiger partial charge is 0.0964 e. The average Bonchev–Trinajstić information content (AvgIpc) is 2.71. The number of fused-ring (bicyclic) bond motifs is 3. The van der Waals surface area contributed by atoms with Gasteiger partial charge in [-0.05, 0) is 54.3 Å². The van der Waals surface area contributed by atoms with E-state index in [1.807, 2.05) is 0 Å². The van der Waals surface area contributed by atoms with E-state index < -0.39 is 11.7 Å². The molecular formula is C15H26O2. The van der Waals surface area contributed by atoms with Crippen LogP contribution in [0, 0.1) is 35.0 Å². The number of hydrogen-bond acceptors (Lipinski definition) is 2. The van der Waals surface area contributed by atoms with Gasteiger partial charge in [-0.3, -0.25) is 0 Å². The van der Waals surface area contributed by atoms with Crippen molar-refractivity contribution in [3.05, 3.63) is 0 Å². The van der Waals surface area contributed by atoms with Gasteiger partial charge < -0.3 is 10.2 Å². The van der Waals surface area contributed by atoms with Crippen molar-refractivity contribution in [3.8, 4) is 0 Å². The maximum absolute atomic E-state index is 11.1. The highest BCUT2D eigenvalue weighted by Gasteiger charge is 2.70. The number of aliphatic hydroxyl groups excluding tert-OH is 1. The van der Waals surface area contributed by atoms with Crippen molar-refractivity contribution >= 4 is 0 Å². The first-order chi connectivity index (χ1) is 7.81. The second-order valence-electron chi connectivity index (χ2n) is 7.57. The van der Waals surface area contributed by atoms with E-state index >= 15 is 0 Å². The van der Waals surface area contributed by atoms with E-state index in [0.717, 1.165) is 18.8 Å². The minimum atomic E-state index is -0.813. The number of hydrogen-bond donors (Lipinski definition) is 2. The summed E-state index contributed by atoms with van der Waals surface area (Å²) in [4.78, 5) is 0. The molecule has 0 spiro atoms. The molecule has 98 valence electrons. The fraction of sp³-hybridized carbons (Fsp3) is 1.00. The Hall–Kier alpha value is -0.0800. The molecule has 0 amide bonds. The fourth-order valence-electron chi connectivity index (χ4n) is 5.38. The predicted octanol–water partition coefficient (Wildman–Crippen LogP) is 2.44. The van der Waals surface area contributed by atoms with Gasteiger partial charge in [-0.25, -0.2) is 0 Å². The monoisotopic (exact) mass is 238 g/mol. The molecule has 0 aromatic rings. The van der Waals surface area contributed by atoms with E-state index in [-0.39, 0.29) is 5.92 Å². The van der Waals surface area contributed by atoms with Crippen LogP contribution >= 0.6 is 0 Å². The van der Waals surface area contributed by atoms with E-state index in [1.54, 1.807) is 0 Å². The average molecular weight is 238 g/mol. The van der Waals surface area contributed by atoms with Gasteiger partial charge in [0, 0.05) is 0 Å². The lowest BCUT2D eigenvalue weighted by Gasteiger charge is -2.39.